The van der Waals surface area contributed by atoms with Gasteiger partial charge < -0.3 is 4.57 Å². The Hall–Kier alpha value is -1.58. The molecule has 4 heteroatoms. The number of aryl methyl sites for hydroxylation is 1. The fourth-order valence-corrected chi connectivity index (χ4v) is 3.69. The molecule has 0 fully saturated rings. The largest absolute Gasteiger partial charge is 0.353 e. The highest BCUT2D eigenvalue weighted by molar-refractivity contribution is 6.21. The van der Waals surface area contributed by atoms with Crippen molar-refractivity contribution in [2.75, 3.05) is 6.54 Å². The van der Waals surface area contributed by atoms with Crippen LogP contribution in [0.4, 0.5) is 0 Å². The van der Waals surface area contributed by atoms with Crippen LogP contribution in [-0.2, 0) is 6.54 Å². The van der Waals surface area contributed by atoms with Gasteiger partial charge >= 0.3 is 0 Å². The second-order valence-corrected chi connectivity index (χ2v) is 7.62. The van der Waals surface area contributed by atoms with Crippen molar-refractivity contribution in [3.05, 3.63) is 23.5 Å². The lowest BCUT2D eigenvalue weighted by atomic mass is 10.1. The highest BCUT2D eigenvalue weighted by atomic mass is 16.2. The molecule has 0 atom stereocenters. The molecular weight excluding hydrogens is 324 g/mol. The minimum atomic E-state index is -0.0970. The van der Waals surface area contributed by atoms with Gasteiger partial charge in [-0.05, 0) is 12.8 Å². The van der Waals surface area contributed by atoms with Gasteiger partial charge in [-0.1, -0.05) is 78.1 Å². The Bertz CT molecular complexity index is 543. The van der Waals surface area contributed by atoms with E-state index in [-0.39, 0.29) is 11.8 Å². The van der Waals surface area contributed by atoms with Crippen LogP contribution in [0.3, 0.4) is 0 Å². The van der Waals surface area contributed by atoms with Gasteiger partial charge in [-0.2, -0.15) is 0 Å². The predicted octanol–water partition coefficient (Wildman–Crippen LogP) is 5.81. The molecule has 1 aromatic heterocycles. The van der Waals surface area contributed by atoms with Crippen molar-refractivity contribution in [1.82, 2.24) is 9.47 Å². The molecule has 2 heterocycles. The number of unbranched alkanes of at least 4 members (excludes halogenated alkanes) is 10. The van der Waals surface area contributed by atoms with E-state index in [0.29, 0.717) is 17.7 Å². The molecular formula is C22H36N2O2. The van der Waals surface area contributed by atoms with Gasteiger partial charge in [-0.15, -0.1) is 0 Å². The first-order valence-electron chi connectivity index (χ1n) is 10.7. The number of rotatable bonds is 14. The summed E-state index contributed by atoms with van der Waals surface area (Å²) >= 11 is 0. The molecule has 0 saturated heterocycles. The fraction of sp³-hybridized carbons (Fsp3) is 0.727. The van der Waals surface area contributed by atoms with Crippen molar-refractivity contribution < 1.29 is 9.59 Å². The van der Waals surface area contributed by atoms with Gasteiger partial charge in [0.25, 0.3) is 11.8 Å². The number of aromatic nitrogens is 1. The van der Waals surface area contributed by atoms with E-state index < -0.39 is 0 Å². The lowest BCUT2D eigenvalue weighted by Gasteiger charge is -2.14. The molecule has 0 aliphatic carbocycles. The average Bonchev–Trinajstić information content (AvgIpc) is 3.15. The van der Waals surface area contributed by atoms with E-state index in [0.717, 1.165) is 25.8 Å². The van der Waals surface area contributed by atoms with Crippen LogP contribution in [0.25, 0.3) is 0 Å². The summed E-state index contributed by atoms with van der Waals surface area (Å²) in [6.07, 6.45) is 18.2. The molecule has 2 rings (SSSR count). The predicted molar refractivity (Wildman–Crippen MR) is 107 cm³/mol. The van der Waals surface area contributed by atoms with Gasteiger partial charge in [0.1, 0.15) is 0 Å². The second-order valence-electron chi connectivity index (χ2n) is 7.62. The normalized spacial score (nSPS) is 13.7. The van der Waals surface area contributed by atoms with Crippen LogP contribution in [0.15, 0.2) is 12.4 Å². The number of amides is 2. The molecule has 1 aromatic rings. The number of fused-ring (bicyclic) bond motifs is 1. The molecule has 0 N–H and O–H groups in total. The minimum absolute atomic E-state index is 0.0970. The van der Waals surface area contributed by atoms with Crippen molar-refractivity contribution in [2.45, 2.75) is 97.4 Å². The smallest absolute Gasteiger partial charge is 0.263 e. The second kappa shape index (κ2) is 11.2. The van der Waals surface area contributed by atoms with Gasteiger partial charge in [0.05, 0.1) is 11.1 Å². The number of carbonyl (C=O) groups is 2. The molecule has 0 unspecified atom stereocenters. The van der Waals surface area contributed by atoms with E-state index in [2.05, 4.69) is 13.8 Å². The number of hydrogen-bond acceptors (Lipinski definition) is 2. The van der Waals surface area contributed by atoms with E-state index in [1.807, 2.05) is 17.0 Å². The molecule has 2 amide bonds. The SMILES string of the molecule is CCCCCCCCN1C(=O)c2cn(CCCCCCCC)cc2C1=O. The molecule has 26 heavy (non-hydrogen) atoms. The van der Waals surface area contributed by atoms with Crippen molar-refractivity contribution in [3.63, 3.8) is 0 Å². The van der Waals surface area contributed by atoms with E-state index in [1.165, 1.54) is 62.7 Å². The molecule has 0 radical (unpaired) electrons. The highest BCUT2D eigenvalue weighted by Crippen LogP contribution is 2.24. The maximum Gasteiger partial charge on any atom is 0.263 e. The first kappa shape index (κ1) is 20.7. The summed E-state index contributed by atoms with van der Waals surface area (Å²) in [5, 5.41) is 0. The van der Waals surface area contributed by atoms with Crippen LogP contribution >= 0.6 is 0 Å². The summed E-state index contributed by atoms with van der Waals surface area (Å²) < 4.78 is 2.03. The van der Waals surface area contributed by atoms with Crippen molar-refractivity contribution in [3.8, 4) is 0 Å². The zero-order valence-electron chi connectivity index (χ0n) is 16.8. The topological polar surface area (TPSA) is 42.3 Å². The Morgan fingerprint density at radius 1 is 0.615 bits per heavy atom. The van der Waals surface area contributed by atoms with Crippen LogP contribution in [0.2, 0.25) is 0 Å². The summed E-state index contributed by atoms with van der Waals surface area (Å²) in [4.78, 5) is 26.5. The maximum absolute atomic E-state index is 12.5. The molecule has 1 aliphatic rings. The van der Waals surface area contributed by atoms with E-state index in [9.17, 15) is 9.59 Å². The number of nitrogens with zero attached hydrogens (tertiary/aromatic N) is 2. The van der Waals surface area contributed by atoms with Crippen LogP contribution < -0.4 is 0 Å². The molecule has 0 bridgehead atoms. The Morgan fingerprint density at radius 3 is 1.54 bits per heavy atom. The Labute approximate surface area is 158 Å². The summed E-state index contributed by atoms with van der Waals surface area (Å²) in [6.45, 7) is 5.90. The minimum Gasteiger partial charge on any atom is -0.353 e. The van der Waals surface area contributed by atoms with Gasteiger partial charge in [0.15, 0.2) is 0 Å². The molecule has 0 saturated carbocycles. The standard InChI is InChI=1S/C22H36N2O2/c1-3-5-7-9-11-13-15-23-17-19-20(18-23)22(26)24(21(19)25)16-14-12-10-8-6-4-2/h17-18H,3-16H2,1-2H3. The first-order chi connectivity index (χ1) is 12.7. The van der Waals surface area contributed by atoms with Crippen LogP contribution in [0.5, 0.6) is 0 Å². The first-order valence-corrected chi connectivity index (χ1v) is 10.7. The van der Waals surface area contributed by atoms with Gasteiger partial charge in [0.2, 0.25) is 0 Å². The Kier molecular flexibility index (Phi) is 8.93. The summed E-state index contributed by atoms with van der Waals surface area (Å²) in [7, 11) is 0. The summed E-state index contributed by atoms with van der Waals surface area (Å²) in [5.41, 5.74) is 1.21. The van der Waals surface area contributed by atoms with Gasteiger partial charge in [-0.3, -0.25) is 14.5 Å². The third-order valence-corrected chi connectivity index (χ3v) is 5.34. The monoisotopic (exact) mass is 360 g/mol. The lowest BCUT2D eigenvalue weighted by molar-refractivity contribution is 0.0650. The third kappa shape index (κ3) is 5.72. The van der Waals surface area contributed by atoms with Crippen LogP contribution in [-0.4, -0.2) is 27.8 Å². The Morgan fingerprint density at radius 2 is 1.04 bits per heavy atom. The van der Waals surface area contributed by atoms with Gasteiger partial charge in [-0.25, -0.2) is 0 Å². The summed E-state index contributed by atoms with van der Waals surface area (Å²) in [5.74, 6) is -0.194. The average molecular weight is 361 g/mol. The van der Waals surface area contributed by atoms with Crippen LogP contribution in [0, 0.1) is 0 Å². The third-order valence-electron chi connectivity index (χ3n) is 5.34. The van der Waals surface area contributed by atoms with Crippen molar-refractivity contribution in [2.24, 2.45) is 0 Å². The number of carbonyl (C=O) groups excluding carboxylic acids is 2. The van der Waals surface area contributed by atoms with E-state index in [4.69, 9.17) is 0 Å². The molecule has 4 nitrogen and oxygen atoms in total. The Balaban J connectivity index is 1.74. The molecule has 146 valence electrons. The number of imide groups is 1. The molecule has 1 aliphatic heterocycles. The van der Waals surface area contributed by atoms with Crippen molar-refractivity contribution >= 4 is 11.8 Å². The quantitative estimate of drug-likeness (QED) is 0.310. The van der Waals surface area contributed by atoms with E-state index in [1.54, 1.807) is 0 Å². The number of hydrogen-bond donors (Lipinski definition) is 0. The molecule has 0 aromatic carbocycles. The molecule has 0 spiro atoms. The summed E-state index contributed by atoms with van der Waals surface area (Å²) in [6, 6.07) is 0. The zero-order valence-corrected chi connectivity index (χ0v) is 16.8. The van der Waals surface area contributed by atoms with E-state index >= 15 is 0 Å². The van der Waals surface area contributed by atoms with Crippen LogP contribution in [0.1, 0.15) is 112 Å². The van der Waals surface area contributed by atoms with Gasteiger partial charge in [0, 0.05) is 25.5 Å². The zero-order chi connectivity index (χ0) is 18.8. The highest BCUT2D eigenvalue weighted by Gasteiger charge is 2.36. The maximum atomic E-state index is 12.5. The van der Waals surface area contributed by atoms with Crippen molar-refractivity contribution in [1.29, 1.82) is 0 Å². The lowest BCUT2D eigenvalue weighted by Crippen LogP contribution is -2.31. The fourth-order valence-electron chi connectivity index (χ4n) is 3.69.